The third-order valence-electron chi connectivity index (χ3n) is 8.78. The number of piperidine rings is 1. The van der Waals surface area contributed by atoms with Crippen molar-refractivity contribution in [2.24, 2.45) is 17.3 Å². The van der Waals surface area contributed by atoms with Gasteiger partial charge in [0, 0.05) is 31.8 Å². The van der Waals surface area contributed by atoms with Gasteiger partial charge in [0.1, 0.15) is 0 Å². The Morgan fingerprint density at radius 2 is 1.91 bits per heavy atom. The van der Waals surface area contributed by atoms with Crippen LogP contribution in [0, 0.1) is 17.3 Å². The Morgan fingerprint density at radius 3 is 2.54 bits per heavy atom. The van der Waals surface area contributed by atoms with Crippen LogP contribution in [0.3, 0.4) is 0 Å². The summed E-state index contributed by atoms with van der Waals surface area (Å²) in [5, 5.41) is 15.0. The average Bonchev–Trinajstić information content (AvgIpc) is 3.25. The minimum absolute atomic E-state index is 0.128. The summed E-state index contributed by atoms with van der Waals surface area (Å²) in [5.41, 5.74) is -2.29. The van der Waals surface area contributed by atoms with Crippen molar-refractivity contribution in [3.63, 3.8) is 0 Å². The number of carbonyl (C=O) groups is 1. The first-order valence-corrected chi connectivity index (χ1v) is 13.0. The van der Waals surface area contributed by atoms with E-state index in [4.69, 9.17) is 4.74 Å². The van der Waals surface area contributed by atoms with E-state index in [-0.39, 0.29) is 30.2 Å². The number of ether oxygens (including phenoxy) is 1. The first-order valence-electron chi connectivity index (χ1n) is 13.0. The molecule has 8 heteroatoms. The van der Waals surface area contributed by atoms with Crippen LogP contribution in [0.5, 0.6) is 0 Å². The smallest absolute Gasteiger partial charge is 0.385 e. The predicted octanol–water partition coefficient (Wildman–Crippen LogP) is 4.72. The summed E-state index contributed by atoms with van der Waals surface area (Å²) in [6, 6.07) is 5.64. The Kier molecular flexibility index (Phi) is 7.56. The molecule has 4 rings (SSSR count). The molecule has 3 fully saturated rings. The highest BCUT2D eigenvalue weighted by Gasteiger charge is 2.51. The Hall–Kier alpha value is -1.64. The van der Waals surface area contributed by atoms with E-state index in [1.165, 1.54) is 6.07 Å². The number of rotatable bonds is 5. The second kappa shape index (κ2) is 10.0. The third-order valence-corrected chi connectivity index (χ3v) is 8.78. The summed E-state index contributed by atoms with van der Waals surface area (Å²) in [5.74, 6) is 0.755. The maximum absolute atomic E-state index is 13.8. The Labute approximate surface area is 206 Å². The maximum atomic E-state index is 13.8. The first kappa shape index (κ1) is 26.4. The summed E-state index contributed by atoms with van der Waals surface area (Å²) < 4.78 is 45.1. The highest BCUT2D eigenvalue weighted by molar-refractivity contribution is 5.83. The molecule has 0 spiro atoms. The Balaban J connectivity index is 1.42. The second-order valence-electron chi connectivity index (χ2n) is 11.3. The van der Waals surface area contributed by atoms with Gasteiger partial charge in [0.05, 0.1) is 23.2 Å². The highest BCUT2D eigenvalue weighted by Crippen LogP contribution is 2.47. The molecule has 2 heterocycles. The standard InChI is InChI=1S/C27H39F3N2O3/c1-18(2)25(9-7-22(16-25)31-23-8-14-35-17-19(23)3)24(33)32-12-10-26(34,11-13-32)20-5-4-6-21(15-20)27(28,29)30/h4-6,15,18-19,22-23,31,34H,7-14,16-17H2,1-3H3/t19?,22-,23?,25+/m0/s1. The molecule has 5 nitrogen and oxygen atoms in total. The van der Waals surface area contributed by atoms with E-state index in [0.717, 1.165) is 51.0 Å². The molecular formula is C27H39F3N2O3. The molecule has 1 aromatic rings. The number of nitrogens with zero attached hydrogens (tertiary/aromatic N) is 1. The quantitative estimate of drug-likeness (QED) is 0.619. The van der Waals surface area contributed by atoms with Crippen LogP contribution in [0.1, 0.15) is 70.4 Å². The lowest BCUT2D eigenvalue weighted by molar-refractivity contribution is -0.149. The molecular weight excluding hydrogens is 457 g/mol. The van der Waals surface area contributed by atoms with Crippen LogP contribution in [0.4, 0.5) is 13.2 Å². The van der Waals surface area contributed by atoms with Gasteiger partial charge in [-0.2, -0.15) is 13.2 Å². The van der Waals surface area contributed by atoms with Crippen molar-refractivity contribution >= 4 is 5.91 Å². The zero-order valence-corrected chi connectivity index (χ0v) is 21.0. The fourth-order valence-electron chi connectivity index (χ4n) is 6.28. The second-order valence-corrected chi connectivity index (χ2v) is 11.3. The molecule has 1 saturated carbocycles. The van der Waals surface area contributed by atoms with Crippen LogP contribution < -0.4 is 5.32 Å². The number of aliphatic hydroxyl groups is 1. The number of hydrogen-bond donors (Lipinski definition) is 2. The molecule has 2 saturated heterocycles. The summed E-state index contributed by atoms with van der Waals surface area (Å²) in [6.45, 7) is 8.64. The van der Waals surface area contributed by atoms with E-state index in [1.807, 2.05) is 4.90 Å². The van der Waals surface area contributed by atoms with E-state index in [1.54, 1.807) is 6.07 Å². The van der Waals surface area contributed by atoms with Crippen molar-refractivity contribution in [2.75, 3.05) is 26.3 Å². The van der Waals surface area contributed by atoms with Crippen LogP contribution in [0.25, 0.3) is 0 Å². The van der Waals surface area contributed by atoms with Crippen LogP contribution in [0.15, 0.2) is 24.3 Å². The van der Waals surface area contributed by atoms with E-state index < -0.39 is 22.8 Å². The minimum atomic E-state index is -4.46. The third kappa shape index (κ3) is 5.39. The largest absolute Gasteiger partial charge is 0.416 e. The fraction of sp³-hybridized carbons (Fsp3) is 0.741. The lowest BCUT2D eigenvalue weighted by Gasteiger charge is -2.43. The lowest BCUT2D eigenvalue weighted by Crippen LogP contribution is -2.52. The van der Waals surface area contributed by atoms with Crippen molar-refractivity contribution in [2.45, 2.75) is 83.2 Å². The minimum Gasteiger partial charge on any atom is -0.385 e. The summed E-state index contributed by atoms with van der Waals surface area (Å²) in [4.78, 5) is 15.7. The van der Waals surface area contributed by atoms with Gasteiger partial charge in [0.15, 0.2) is 0 Å². The summed E-state index contributed by atoms with van der Waals surface area (Å²) >= 11 is 0. The number of benzene rings is 1. The van der Waals surface area contributed by atoms with E-state index in [2.05, 4.69) is 26.1 Å². The van der Waals surface area contributed by atoms with E-state index in [9.17, 15) is 23.1 Å². The number of alkyl halides is 3. The number of carbonyl (C=O) groups excluding carboxylic acids is 1. The molecule has 35 heavy (non-hydrogen) atoms. The van der Waals surface area contributed by atoms with Crippen LogP contribution in [-0.4, -0.2) is 54.3 Å². The normalized spacial score (nSPS) is 31.7. The van der Waals surface area contributed by atoms with Crippen molar-refractivity contribution in [1.29, 1.82) is 0 Å². The van der Waals surface area contributed by atoms with Crippen LogP contribution in [0.2, 0.25) is 0 Å². The molecule has 2 N–H and O–H groups in total. The van der Waals surface area contributed by atoms with Gasteiger partial charge >= 0.3 is 6.18 Å². The van der Waals surface area contributed by atoms with Gasteiger partial charge in [-0.05, 0) is 68.1 Å². The van der Waals surface area contributed by atoms with Crippen molar-refractivity contribution in [3.8, 4) is 0 Å². The molecule has 4 atom stereocenters. The number of hydrogen-bond acceptors (Lipinski definition) is 4. The van der Waals surface area contributed by atoms with Crippen molar-refractivity contribution in [1.82, 2.24) is 10.2 Å². The first-order chi connectivity index (χ1) is 16.4. The molecule has 3 aliphatic rings. The van der Waals surface area contributed by atoms with Gasteiger partial charge < -0.3 is 20.1 Å². The molecule has 1 amide bonds. The van der Waals surface area contributed by atoms with Gasteiger partial charge in [-0.3, -0.25) is 4.79 Å². The molecule has 2 unspecified atom stereocenters. The summed E-state index contributed by atoms with van der Waals surface area (Å²) in [6.07, 6.45) is -0.432. The van der Waals surface area contributed by atoms with Gasteiger partial charge in [0.25, 0.3) is 0 Å². The molecule has 0 bridgehead atoms. The van der Waals surface area contributed by atoms with Gasteiger partial charge in [-0.1, -0.05) is 32.9 Å². The molecule has 196 valence electrons. The number of halogens is 3. The Bertz CT molecular complexity index is 898. The van der Waals surface area contributed by atoms with Gasteiger partial charge in [0.2, 0.25) is 5.91 Å². The molecule has 2 aliphatic heterocycles. The van der Waals surface area contributed by atoms with E-state index >= 15 is 0 Å². The molecule has 1 aliphatic carbocycles. The summed E-state index contributed by atoms with van der Waals surface area (Å²) in [7, 11) is 0. The highest BCUT2D eigenvalue weighted by atomic mass is 19.4. The van der Waals surface area contributed by atoms with E-state index in [0.29, 0.717) is 31.1 Å². The SMILES string of the molecule is CC1COCCC1N[C@H]1CC[C@](C(=O)N2CCC(O)(c3cccc(C(F)(F)F)c3)CC2)(C(C)C)C1. The topological polar surface area (TPSA) is 61.8 Å². The number of nitrogens with one attached hydrogen (secondary N) is 1. The number of amides is 1. The van der Waals surface area contributed by atoms with Crippen molar-refractivity contribution in [3.05, 3.63) is 35.4 Å². The lowest BCUT2D eigenvalue weighted by atomic mass is 9.73. The average molecular weight is 497 g/mol. The predicted molar refractivity (Wildman–Crippen MR) is 128 cm³/mol. The monoisotopic (exact) mass is 496 g/mol. The van der Waals surface area contributed by atoms with Crippen LogP contribution in [-0.2, 0) is 21.3 Å². The van der Waals surface area contributed by atoms with Crippen LogP contribution >= 0.6 is 0 Å². The maximum Gasteiger partial charge on any atom is 0.416 e. The fourth-order valence-corrected chi connectivity index (χ4v) is 6.28. The Morgan fingerprint density at radius 1 is 1.20 bits per heavy atom. The molecule has 0 aromatic heterocycles. The van der Waals surface area contributed by atoms with Gasteiger partial charge in [-0.15, -0.1) is 0 Å². The van der Waals surface area contributed by atoms with Crippen molar-refractivity contribution < 1.29 is 27.8 Å². The van der Waals surface area contributed by atoms with Gasteiger partial charge in [-0.25, -0.2) is 0 Å². The molecule has 1 aromatic carbocycles. The zero-order valence-electron chi connectivity index (χ0n) is 21.0. The zero-order chi connectivity index (χ0) is 25.4. The molecule has 0 radical (unpaired) electrons. The number of likely N-dealkylation sites (tertiary alicyclic amines) is 1.